The normalized spacial score (nSPS) is 21.8. The molecule has 0 spiro atoms. The van der Waals surface area contributed by atoms with Crippen LogP contribution in [0.3, 0.4) is 0 Å². The van der Waals surface area contributed by atoms with Gasteiger partial charge in [-0.3, -0.25) is 9.20 Å². The molecule has 0 unspecified atom stereocenters. The second kappa shape index (κ2) is 9.56. The Kier molecular flexibility index (Phi) is 6.36. The number of benzene rings is 1. The van der Waals surface area contributed by atoms with E-state index in [-0.39, 0.29) is 18.0 Å². The summed E-state index contributed by atoms with van der Waals surface area (Å²) in [6.45, 7) is 2.12. The Hall–Kier alpha value is -2.86. The van der Waals surface area contributed by atoms with Crippen LogP contribution in [0.1, 0.15) is 73.7 Å². The molecule has 2 heterocycles. The number of nitrogens with two attached hydrogens (primary N) is 1. The number of carbonyl (C=O) groups excluding carboxylic acids is 1. The van der Waals surface area contributed by atoms with Crippen molar-refractivity contribution in [1.29, 1.82) is 0 Å². The SMILES string of the molecule is Cc1ccccc1-c1nc2c(C(=O)NC3CCC(N)CC3)cccn2c1NC1CCCCC1. The summed E-state index contributed by atoms with van der Waals surface area (Å²) in [5, 5.41) is 7.05. The summed E-state index contributed by atoms with van der Waals surface area (Å²) in [5.41, 5.74) is 10.6. The third-order valence-corrected chi connectivity index (χ3v) is 7.35. The van der Waals surface area contributed by atoms with Crippen molar-refractivity contribution < 1.29 is 4.79 Å². The number of aryl methyl sites for hydroxylation is 1. The molecule has 1 amide bonds. The monoisotopic (exact) mass is 445 g/mol. The van der Waals surface area contributed by atoms with E-state index in [1.807, 2.05) is 18.3 Å². The second-order valence-corrected chi connectivity index (χ2v) is 9.80. The topological polar surface area (TPSA) is 84.5 Å². The summed E-state index contributed by atoms with van der Waals surface area (Å²) in [4.78, 5) is 18.4. The van der Waals surface area contributed by atoms with Gasteiger partial charge in [-0.2, -0.15) is 0 Å². The lowest BCUT2D eigenvalue weighted by Gasteiger charge is -2.26. The van der Waals surface area contributed by atoms with E-state index in [2.05, 4.69) is 46.2 Å². The number of nitrogens with one attached hydrogen (secondary N) is 2. The van der Waals surface area contributed by atoms with Crippen molar-refractivity contribution >= 4 is 17.4 Å². The van der Waals surface area contributed by atoms with Crippen LogP contribution in [0.5, 0.6) is 0 Å². The third-order valence-electron chi connectivity index (χ3n) is 7.35. The Morgan fingerprint density at radius 3 is 2.48 bits per heavy atom. The number of hydrogen-bond donors (Lipinski definition) is 3. The predicted octanol–water partition coefficient (Wildman–Crippen LogP) is 5.05. The first-order valence-electron chi connectivity index (χ1n) is 12.5. The van der Waals surface area contributed by atoms with Crippen molar-refractivity contribution in [2.45, 2.75) is 82.8 Å². The standard InChI is InChI=1S/C27H35N5O/c1-18-8-5-6-11-22(18)24-26(29-20-9-3-2-4-10-20)32-17-7-12-23(25(32)31-24)27(33)30-21-15-13-19(28)14-16-21/h5-8,11-12,17,19-21,29H,2-4,9-10,13-16,28H2,1H3,(H,30,33). The molecule has 0 bridgehead atoms. The van der Waals surface area contributed by atoms with E-state index in [4.69, 9.17) is 10.7 Å². The largest absolute Gasteiger partial charge is 0.367 e. The van der Waals surface area contributed by atoms with Crippen molar-refractivity contribution in [2.24, 2.45) is 5.73 Å². The summed E-state index contributed by atoms with van der Waals surface area (Å²) < 4.78 is 2.07. The number of nitrogens with zero attached hydrogens (tertiary/aromatic N) is 2. The maximum atomic E-state index is 13.3. The smallest absolute Gasteiger partial charge is 0.255 e. The average Bonchev–Trinajstić information content (AvgIpc) is 3.19. The maximum Gasteiger partial charge on any atom is 0.255 e. The van der Waals surface area contributed by atoms with Crippen LogP contribution in [-0.4, -0.2) is 33.4 Å². The highest BCUT2D eigenvalue weighted by atomic mass is 16.1. The first-order valence-corrected chi connectivity index (χ1v) is 12.5. The number of anilines is 1. The van der Waals surface area contributed by atoms with Gasteiger partial charge >= 0.3 is 0 Å². The number of carbonyl (C=O) groups is 1. The van der Waals surface area contributed by atoms with Crippen molar-refractivity contribution in [2.75, 3.05) is 5.32 Å². The third kappa shape index (κ3) is 4.62. The van der Waals surface area contributed by atoms with Crippen molar-refractivity contribution in [1.82, 2.24) is 14.7 Å². The van der Waals surface area contributed by atoms with Crippen molar-refractivity contribution in [3.05, 3.63) is 53.7 Å². The zero-order chi connectivity index (χ0) is 22.8. The average molecular weight is 446 g/mol. The van der Waals surface area contributed by atoms with E-state index in [1.165, 1.54) is 37.7 Å². The Morgan fingerprint density at radius 2 is 1.73 bits per heavy atom. The predicted molar refractivity (Wildman–Crippen MR) is 134 cm³/mol. The minimum Gasteiger partial charge on any atom is -0.367 e. The Bertz CT molecular complexity index is 1120. The molecule has 4 N–H and O–H groups in total. The Balaban J connectivity index is 1.53. The highest BCUT2D eigenvalue weighted by Gasteiger charge is 2.25. The molecule has 0 radical (unpaired) electrons. The van der Waals surface area contributed by atoms with Gasteiger partial charge in [0.1, 0.15) is 11.5 Å². The summed E-state index contributed by atoms with van der Waals surface area (Å²) in [6, 6.07) is 13.1. The maximum absolute atomic E-state index is 13.3. The Morgan fingerprint density at radius 1 is 0.970 bits per heavy atom. The number of imidazole rings is 1. The zero-order valence-corrected chi connectivity index (χ0v) is 19.5. The summed E-state index contributed by atoms with van der Waals surface area (Å²) >= 11 is 0. The molecule has 6 heteroatoms. The molecule has 0 atom stereocenters. The van der Waals surface area contributed by atoms with Gasteiger partial charge in [0, 0.05) is 29.9 Å². The molecule has 3 aromatic rings. The molecule has 0 aliphatic heterocycles. The first kappa shape index (κ1) is 22.0. The molecule has 6 nitrogen and oxygen atoms in total. The van der Waals surface area contributed by atoms with Gasteiger partial charge < -0.3 is 16.4 Å². The number of aromatic nitrogens is 2. The molecule has 33 heavy (non-hydrogen) atoms. The minimum atomic E-state index is -0.0494. The lowest BCUT2D eigenvalue weighted by molar-refractivity contribution is 0.0927. The molecule has 2 fully saturated rings. The van der Waals surface area contributed by atoms with Crippen LogP contribution in [0.4, 0.5) is 5.82 Å². The number of pyridine rings is 1. The van der Waals surface area contributed by atoms with E-state index >= 15 is 0 Å². The number of fused-ring (bicyclic) bond motifs is 1. The summed E-state index contributed by atoms with van der Waals surface area (Å²) in [6.07, 6.45) is 12.0. The number of rotatable bonds is 5. The fourth-order valence-electron chi connectivity index (χ4n) is 5.38. The number of amides is 1. The molecule has 2 aliphatic rings. The fourth-order valence-corrected chi connectivity index (χ4v) is 5.38. The molecular weight excluding hydrogens is 410 g/mol. The lowest BCUT2D eigenvalue weighted by Crippen LogP contribution is -2.40. The molecule has 5 rings (SSSR count). The number of hydrogen-bond acceptors (Lipinski definition) is 4. The highest BCUT2D eigenvalue weighted by molar-refractivity contribution is 6.01. The van der Waals surface area contributed by atoms with E-state index < -0.39 is 0 Å². The molecular formula is C27H35N5O. The molecule has 2 saturated carbocycles. The van der Waals surface area contributed by atoms with Gasteiger partial charge in [-0.25, -0.2) is 4.98 Å². The van der Waals surface area contributed by atoms with Gasteiger partial charge in [0.25, 0.3) is 5.91 Å². The first-order chi connectivity index (χ1) is 16.1. The van der Waals surface area contributed by atoms with E-state index in [0.717, 1.165) is 42.8 Å². The fraction of sp³-hybridized carbons (Fsp3) is 0.481. The van der Waals surface area contributed by atoms with E-state index in [1.54, 1.807) is 0 Å². The molecule has 2 aliphatic carbocycles. The quantitative estimate of drug-likeness (QED) is 0.513. The van der Waals surface area contributed by atoms with Crippen molar-refractivity contribution in [3.8, 4) is 11.3 Å². The van der Waals surface area contributed by atoms with Crippen LogP contribution in [0.15, 0.2) is 42.6 Å². The van der Waals surface area contributed by atoms with Crippen molar-refractivity contribution in [3.63, 3.8) is 0 Å². The van der Waals surface area contributed by atoms with Crippen LogP contribution in [-0.2, 0) is 0 Å². The van der Waals surface area contributed by atoms with Gasteiger partial charge in [0.05, 0.1) is 5.56 Å². The molecule has 2 aromatic heterocycles. The van der Waals surface area contributed by atoms with Crippen LogP contribution >= 0.6 is 0 Å². The second-order valence-electron chi connectivity index (χ2n) is 9.80. The highest BCUT2D eigenvalue weighted by Crippen LogP contribution is 2.34. The van der Waals surface area contributed by atoms with Crippen LogP contribution in [0.25, 0.3) is 16.9 Å². The van der Waals surface area contributed by atoms with Gasteiger partial charge in [-0.15, -0.1) is 0 Å². The van der Waals surface area contributed by atoms with E-state index in [9.17, 15) is 4.79 Å². The van der Waals surface area contributed by atoms with Crippen LogP contribution in [0, 0.1) is 6.92 Å². The summed E-state index contributed by atoms with van der Waals surface area (Å²) in [5.74, 6) is 0.941. The van der Waals surface area contributed by atoms with Gasteiger partial charge in [-0.1, -0.05) is 43.5 Å². The zero-order valence-electron chi connectivity index (χ0n) is 19.5. The van der Waals surface area contributed by atoms with Crippen LogP contribution < -0.4 is 16.4 Å². The van der Waals surface area contributed by atoms with Gasteiger partial charge in [0.15, 0.2) is 5.65 Å². The summed E-state index contributed by atoms with van der Waals surface area (Å²) in [7, 11) is 0. The van der Waals surface area contributed by atoms with Gasteiger partial charge in [-0.05, 0) is 63.1 Å². The molecule has 1 aromatic carbocycles. The Labute approximate surface area is 196 Å². The molecule has 0 saturated heterocycles. The minimum absolute atomic E-state index is 0.0494. The van der Waals surface area contributed by atoms with E-state index in [0.29, 0.717) is 17.3 Å². The lowest BCUT2D eigenvalue weighted by atomic mass is 9.91. The van der Waals surface area contributed by atoms with Crippen LogP contribution in [0.2, 0.25) is 0 Å². The van der Waals surface area contributed by atoms with Gasteiger partial charge in [0.2, 0.25) is 0 Å². The molecule has 174 valence electrons.